The van der Waals surface area contributed by atoms with Crippen LogP contribution in [0.5, 0.6) is 23.1 Å². The Balaban J connectivity index is 1.87. The van der Waals surface area contributed by atoms with Gasteiger partial charge < -0.3 is 18.9 Å². The fourth-order valence-electron chi connectivity index (χ4n) is 2.03. The monoisotopic (exact) mass is 300 g/mol. The molecular formula is C16H16N2O4. The van der Waals surface area contributed by atoms with Crippen molar-refractivity contribution in [2.45, 2.75) is 6.92 Å². The topological polar surface area (TPSA) is 62.2 Å². The van der Waals surface area contributed by atoms with Gasteiger partial charge in [0.2, 0.25) is 12.7 Å². The van der Waals surface area contributed by atoms with Crippen LogP contribution in [0.25, 0.3) is 0 Å². The maximum Gasteiger partial charge on any atom is 0.231 e. The number of hydrogen-bond acceptors (Lipinski definition) is 6. The quantitative estimate of drug-likeness (QED) is 0.794. The van der Waals surface area contributed by atoms with E-state index in [2.05, 4.69) is 9.98 Å². The summed E-state index contributed by atoms with van der Waals surface area (Å²) < 4.78 is 21.4. The zero-order chi connectivity index (χ0) is 15.4. The second-order valence-corrected chi connectivity index (χ2v) is 4.49. The average molecular weight is 300 g/mol. The minimum Gasteiger partial charge on any atom is -0.493 e. The first-order chi connectivity index (χ1) is 10.8. The van der Waals surface area contributed by atoms with Gasteiger partial charge in [0, 0.05) is 23.9 Å². The molecule has 1 aliphatic rings. The lowest BCUT2D eigenvalue weighted by molar-refractivity contribution is 0.174. The van der Waals surface area contributed by atoms with Gasteiger partial charge in [0.1, 0.15) is 5.75 Å². The second kappa shape index (κ2) is 6.34. The minimum absolute atomic E-state index is 0.226. The molecule has 0 saturated carbocycles. The zero-order valence-electron chi connectivity index (χ0n) is 12.4. The Morgan fingerprint density at radius 3 is 2.77 bits per heavy atom. The van der Waals surface area contributed by atoms with Crippen LogP contribution in [0.4, 0.5) is 5.69 Å². The summed E-state index contributed by atoms with van der Waals surface area (Å²) in [6.07, 6.45) is 3.36. The van der Waals surface area contributed by atoms with Crippen molar-refractivity contribution in [3.8, 4) is 23.1 Å². The number of aromatic nitrogens is 1. The molecule has 1 aromatic carbocycles. The standard InChI is InChI=1S/C16H16N2O4/c1-3-20-13-7-15-14(21-10-22-15)6-11(13)8-17-12-4-5-16(19-2)18-9-12/h4-9H,3,10H2,1-2H3. The van der Waals surface area contributed by atoms with Crippen molar-refractivity contribution >= 4 is 11.9 Å². The third-order valence-corrected chi connectivity index (χ3v) is 3.09. The highest BCUT2D eigenvalue weighted by Gasteiger charge is 2.17. The molecule has 6 nitrogen and oxygen atoms in total. The SMILES string of the molecule is CCOc1cc2c(cc1C=Nc1ccc(OC)nc1)OCO2. The lowest BCUT2D eigenvalue weighted by Gasteiger charge is -2.08. The van der Waals surface area contributed by atoms with Crippen molar-refractivity contribution in [3.05, 3.63) is 36.0 Å². The molecule has 3 rings (SSSR count). The van der Waals surface area contributed by atoms with E-state index < -0.39 is 0 Å². The summed E-state index contributed by atoms with van der Waals surface area (Å²) in [6, 6.07) is 7.26. The number of aliphatic imine (C=N–C) groups is 1. The van der Waals surface area contributed by atoms with Gasteiger partial charge in [-0.15, -0.1) is 0 Å². The molecule has 0 bridgehead atoms. The number of pyridine rings is 1. The van der Waals surface area contributed by atoms with Crippen LogP contribution in [0.2, 0.25) is 0 Å². The molecule has 114 valence electrons. The molecule has 0 saturated heterocycles. The first-order valence-corrected chi connectivity index (χ1v) is 6.90. The summed E-state index contributed by atoms with van der Waals surface area (Å²) in [6.45, 7) is 2.72. The normalized spacial score (nSPS) is 12.6. The Labute approximate surface area is 128 Å². The molecule has 0 radical (unpaired) electrons. The van der Waals surface area contributed by atoms with Crippen LogP contribution in [0, 0.1) is 0 Å². The third kappa shape index (κ3) is 2.95. The van der Waals surface area contributed by atoms with Gasteiger partial charge in [-0.3, -0.25) is 4.99 Å². The van der Waals surface area contributed by atoms with Crippen molar-refractivity contribution in [3.63, 3.8) is 0 Å². The molecule has 0 unspecified atom stereocenters. The summed E-state index contributed by atoms with van der Waals surface area (Å²) in [7, 11) is 1.58. The predicted octanol–water partition coefficient (Wildman–Crippen LogP) is 2.97. The number of rotatable bonds is 5. The molecule has 6 heteroatoms. The molecule has 2 heterocycles. The van der Waals surface area contributed by atoms with Crippen LogP contribution in [-0.2, 0) is 0 Å². The molecule has 0 N–H and O–H groups in total. The van der Waals surface area contributed by atoms with E-state index >= 15 is 0 Å². The van der Waals surface area contributed by atoms with E-state index in [1.807, 2.05) is 25.1 Å². The van der Waals surface area contributed by atoms with Gasteiger partial charge >= 0.3 is 0 Å². The van der Waals surface area contributed by atoms with Gasteiger partial charge in [-0.05, 0) is 19.1 Å². The van der Waals surface area contributed by atoms with Crippen LogP contribution in [0.1, 0.15) is 12.5 Å². The van der Waals surface area contributed by atoms with Gasteiger partial charge in [-0.1, -0.05) is 0 Å². The highest BCUT2D eigenvalue weighted by atomic mass is 16.7. The first-order valence-electron chi connectivity index (χ1n) is 6.90. The summed E-state index contributed by atoms with van der Waals surface area (Å²) in [5.41, 5.74) is 1.54. The van der Waals surface area contributed by atoms with Gasteiger partial charge in [0.05, 0.1) is 25.6 Å². The minimum atomic E-state index is 0.226. The fourth-order valence-corrected chi connectivity index (χ4v) is 2.03. The van der Waals surface area contributed by atoms with Gasteiger partial charge in [0.15, 0.2) is 11.5 Å². The van der Waals surface area contributed by atoms with Crippen molar-refractivity contribution < 1.29 is 18.9 Å². The van der Waals surface area contributed by atoms with Crippen molar-refractivity contribution in [2.75, 3.05) is 20.5 Å². The summed E-state index contributed by atoms with van der Waals surface area (Å²) in [5, 5.41) is 0. The number of hydrogen-bond donors (Lipinski definition) is 0. The Kier molecular flexibility index (Phi) is 4.09. The Hall–Kier alpha value is -2.76. The smallest absolute Gasteiger partial charge is 0.231 e. The molecule has 2 aromatic rings. The summed E-state index contributed by atoms with van der Waals surface area (Å²) >= 11 is 0. The molecule has 0 amide bonds. The summed E-state index contributed by atoms with van der Waals surface area (Å²) in [4.78, 5) is 8.51. The number of nitrogens with zero attached hydrogens (tertiary/aromatic N) is 2. The van der Waals surface area contributed by atoms with Crippen molar-refractivity contribution in [2.24, 2.45) is 4.99 Å². The Morgan fingerprint density at radius 1 is 1.27 bits per heavy atom. The first kappa shape index (κ1) is 14.2. The molecule has 0 atom stereocenters. The van der Waals surface area contributed by atoms with Crippen LogP contribution in [0.3, 0.4) is 0 Å². The molecule has 0 fully saturated rings. The second-order valence-electron chi connectivity index (χ2n) is 4.49. The fraction of sp³-hybridized carbons (Fsp3) is 0.250. The molecular weight excluding hydrogens is 284 g/mol. The van der Waals surface area contributed by atoms with Gasteiger partial charge in [-0.2, -0.15) is 0 Å². The highest BCUT2D eigenvalue weighted by molar-refractivity contribution is 5.87. The Morgan fingerprint density at radius 2 is 2.09 bits per heavy atom. The molecule has 0 aliphatic carbocycles. The zero-order valence-corrected chi connectivity index (χ0v) is 12.4. The number of fused-ring (bicyclic) bond motifs is 1. The van der Waals surface area contributed by atoms with Gasteiger partial charge in [-0.25, -0.2) is 4.98 Å². The van der Waals surface area contributed by atoms with E-state index in [1.165, 1.54) is 0 Å². The van der Waals surface area contributed by atoms with E-state index in [9.17, 15) is 0 Å². The van der Waals surface area contributed by atoms with Crippen molar-refractivity contribution in [1.82, 2.24) is 4.98 Å². The maximum absolute atomic E-state index is 5.62. The van der Waals surface area contributed by atoms with E-state index in [4.69, 9.17) is 18.9 Å². The van der Waals surface area contributed by atoms with Crippen LogP contribution < -0.4 is 18.9 Å². The average Bonchev–Trinajstić information content (AvgIpc) is 3.00. The summed E-state index contributed by atoms with van der Waals surface area (Å²) in [5.74, 6) is 2.64. The van der Waals surface area contributed by atoms with Gasteiger partial charge in [0.25, 0.3) is 0 Å². The van der Waals surface area contributed by atoms with Crippen LogP contribution in [0.15, 0.2) is 35.5 Å². The Bertz CT molecular complexity index is 683. The number of methoxy groups -OCH3 is 1. The van der Waals surface area contributed by atoms with E-state index in [-0.39, 0.29) is 6.79 Å². The highest BCUT2D eigenvalue weighted by Crippen LogP contribution is 2.37. The molecule has 22 heavy (non-hydrogen) atoms. The molecule has 1 aromatic heterocycles. The lowest BCUT2D eigenvalue weighted by Crippen LogP contribution is -1.96. The van der Waals surface area contributed by atoms with Crippen LogP contribution in [-0.4, -0.2) is 31.7 Å². The maximum atomic E-state index is 5.62. The number of ether oxygens (including phenoxy) is 4. The predicted molar refractivity (Wildman–Crippen MR) is 81.8 cm³/mol. The third-order valence-electron chi connectivity index (χ3n) is 3.09. The largest absolute Gasteiger partial charge is 0.493 e. The van der Waals surface area contributed by atoms with Crippen LogP contribution >= 0.6 is 0 Å². The molecule has 1 aliphatic heterocycles. The van der Waals surface area contributed by atoms with Crippen molar-refractivity contribution in [1.29, 1.82) is 0 Å². The van der Waals surface area contributed by atoms with E-state index in [0.29, 0.717) is 29.7 Å². The molecule has 0 spiro atoms. The van der Waals surface area contributed by atoms with E-state index in [1.54, 1.807) is 25.6 Å². The number of benzene rings is 1. The lowest BCUT2D eigenvalue weighted by atomic mass is 10.2. The van der Waals surface area contributed by atoms with E-state index in [0.717, 1.165) is 11.3 Å².